The summed E-state index contributed by atoms with van der Waals surface area (Å²) in [5.41, 5.74) is 0. The van der Waals surface area contributed by atoms with Gasteiger partial charge in [-0.3, -0.25) is 0 Å². The van der Waals surface area contributed by atoms with Gasteiger partial charge in [0, 0.05) is 26.2 Å². The lowest BCUT2D eigenvalue weighted by Gasteiger charge is -2.21. The van der Waals surface area contributed by atoms with Crippen LogP contribution in [0.4, 0.5) is 0 Å². The first-order valence-corrected chi connectivity index (χ1v) is 4.79. The van der Waals surface area contributed by atoms with Crippen molar-refractivity contribution in [3.05, 3.63) is 0 Å². The Kier molecular flexibility index (Phi) is 4.55. The Morgan fingerprint density at radius 2 is 1.36 bits per heavy atom. The molecule has 2 rings (SSSR count). The second-order valence-corrected chi connectivity index (χ2v) is 3.47. The fraction of sp³-hybridized carbons (Fsp3) is 1.00. The highest BCUT2D eigenvalue weighted by molar-refractivity contribution is 4.62. The summed E-state index contributed by atoms with van der Waals surface area (Å²) in [5, 5.41) is 3.27. The first-order chi connectivity index (χ1) is 5.39. The van der Waals surface area contributed by atoms with Gasteiger partial charge < -0.3 is 10.2 Å². The standard InChI is InChI=1S/C5H12N2.C4H8/c1-7-4-2-6-3-5-7;1-2-4-3-1/h6H,2-5H2,1H3;1-4H2. The number of piperazine rings is 1. The highest BCUT2D eigenvalue weighted by Gasteiger charge is 2.01. The van der Waals surface area contributed by atoms with E-state index in [-0.39, 0.29) is 0 Å². The maximum Gasteiger partial charge on any atom is 0.0104 e. The Labute approximate surface area is 70.0 Å². The Balaban J connectivity index is 0.000000128. The van der Waals surface area contributed by atoms with Gasteiger partial charge >= 0.3 is 0 Å². The van der Waals surface area contributed by atoms with Crippen LogP contribution < -0.4 is 5.32 Å². The smallest absolute Gasteiger partial charge is 0.0104 e. The average Bonchev–Trinajstić information content (AvgIpc) is 1.85. The van der Waals surface area contributed by atoms with E-state index in [0.29, 0.717) is 0 Å². The number of hydrogen-bond donors (Lipinski definition) is 1. The van der Waals surface area contributed by atoms with Gasteiger partial charge in [0.15, 0.2) is 0 Å². The molecule has 1 saturated heterocycles. The van der Waals surface area contributed by atoms with E-state index in [0.717, 1.165) is 13.1 Å². The van der Waals surface area contributed by atoms with Crippen LogP contribution >= 0.6 is 0 Å². The minimum Gasteiger partial charge on any atom is -0.314 e. The molecule has 1 heterocycles. The van der Waals surface area contributed by atoms with Crippen molar-refractivity contribution in [2.75, 3.05) is 33.2 Å². The van der Waals surface area contributed by atoms with Gasteiger partial charge in [-0.05, 0) is 7.05 Å². The SMILES string of the molecule is C1CCC1.CN1CCNCC1. The van der Waals surface area contributed by atoms with Gasteiger partial charge in [0.1, 0.15) is 0 Å². The first-order valence-electron chi connectivity index (χ1n) is 4.79. The van der Waals surface area contributed by atoms with E-state index in [1.165, 1.54) is 38.8 Å². The number of nitrogens with one attached hydrogen (secondary N) is 1. The number of likely N-dealkylation sites (N-methyl/N-ethyl adjacent to an activating group) is 1. The van der Waals surface area contributed by atoms with Gasteiger partial charge in [-0.2, -0.15) is 0 Å². The number of rotatable bonds is 0. The minimum atomic E-state index is 1.16. The van der Waals surface area contributed by atoms with Crippen LogP contribution in [0.2, 0.25) is 0 Å². The largest absolute Gasteiger partial charge is 0.314 e. The van der Waals surface area contributed by atoms with Gasteiger partial charge in [-0.1, -0.05) is 25.7 Å². The zero-order chi connectivity index (χ0) is 7.94. The molecule has 2 aliphatic rings. The zero-order valence-corrected chi connectivity index (χ0v) is 7.60. The molecule has 1 saturated carbocycles. The van der Waals surface area contributed by atoms with Gasteiger partial charge in [0.2, 0.25) is 0 Å². The molecule has 0 unspecified atom stereocenters. The quantitative estimate of drug-likeness (QED) is 0.564. The molecule has 2 nitrogen and oxygen atoms in total. The second-order valence-electron chi connectivity index (χ2n) is 3.47. The molecule has 1 aliphatic heterocycles. The van der Waals surface area contributed by atoms with Crippen LogP contribution in [0.5, 0.6) is 0 Å². The van der Waals surface area contributed by atoms with E-state index in [4.69, 9.17) is 0 Å². The summed E-state index contributed by atoms with van der Waals surface area (Å²) in [7, 11) is 2.15. The van der Waals surface area contributed by atoms with Crippen molar-refractivity contribution >= 4 is 0 Å². The summed E-state index contributed by atoms with van der Waals surface area (Å²) in [4.78, 5) is 2.33. The summed E-state index contributed by atoms with van der Waals surface area (Å²) in [6, 6.07) is 0. The topological polar surface area (TPSA) is 15.3 Å². The molecule has 0 spiro atoms. The number of nitrogens with zero attached hydrogens (tertiary/aromatic N) is 1. The highest BCUT2D eigenvalue weighted by atomic mass is 15.2. The lowest BCUT2D eigenvalue weighted by Crippen LogP contribution is -2.40. The Hall–Kier alpha value is -0.0800. The third-order valence-electron chi connectivity index (χ3n) is 2.34. The fourth-order valence-corrected chi connectivity index (χ4v) is 1.03. The molecular formula is C9H20N2. The zero-order valence-electron chi connectivity index (χ0n) is 7.60. The van der Waals surface area contributed by atoms with Gasteiger partial charge in [0.25, 0.3) is 0 Å². The molecule has 0 atom stereocenters. The summed E-state index contributed by atoms with van der Waals surface area (Å²) in [6.07, 6.45) is 6.00. The van der Waals surface area contributed by atoms with Crippen LogP contribution in [0.25, 0.3) is 0 Å². The first kappa shape index (κ1) is 9.01. The summed E-state index contributed by atoms with van der Waals surface area (Å²) in [5.74, 6) is 0. The lowest BCUT2D eigenvalue weighted by atomic mass is 10.0. The van der Waals surface area contributed by atoms with E-state index in [2.05, 4.69) is 17.3 Å². The molecular weight excluding hydrogens is 136 g/mol. The fourth-order valence-electron chi connectivity index (χ4n) is 1.03. The molecule has 1 N–H and O–H groups in total. The molecule has 0 amide bonds. The third kappa shape index (κ3) is 4.38. The summed E-state index contributed by atoms with van der Waals surface area (Å²) in [6.45, 7) is 4.74. The molecule has 0 aromatic rings. The molecule has 1 aliphatic carbocycles. The van der Waals surface area contributed by atoms with Crippen LogP contribution in [-0.4, -0.2) is 38.1 Å². The van der Waals surface area contributed by atoms with E-state index in [1.807, 2.05) is 0 Å². The lowest BCUT2D eigenvalue weighted by molar-refractivity contribution is 0.291. The van der Waals surface area contributed by atoms with Crippen LogP contribution in [0.1, 0.15) is 25.7 Å². The minimum absolute atomic E-state index is 1.16. The Bertz CT molecular complexity index is 79.6. The highest BCUT2D eigenvalue weighted by Crippen LogP contribution is 2.15. The van der Waals surface area contributed by atoms with Crippen molar-refractivity contribution in [3.8, 4) is 0 Å². The monoisotopic (exact) mass is 156 g/mol. The summed E-state index contributed by atoms with van der Waals surface area (Å²) < 4.78 is 0. The molecule has 66 valence electrons. The predicted molar refractivity (Wildman–Crippen MR) is 48.8 cm³/mol. The molecule has 0 bridgehead atoms. The predicted octanol–water partition coefficient (Wildman–Crippen LogP) is 1.08. The van der Waals surface area contributed by atoms with Crippen molar-refractivity contribution in [1.29, 1.82) is 0 Å². The molecule has 11 heavy (non-hydrogen) atoms. The van der Waals surface area contributed by atoms with Gasteiger partial charge in [-0.15, -0.1) is 0 Å². The molecule has 2 heteroatoms. The van der Waals surface area contributed by atoms with Crippen molar-refractivity contribution in [3.63, 3.8) is 0 Å². The van der Waals surface area contributed by atoms with Crippen LogP contribution in [0.15, 0.2) is 0 Å². The molecule has 0 aromatic carbocycles. The van der Waals surface area contributed by atoms with Crippen LogP contribution in [0.3, 0.4) is 0 Å². The van der Waals surface area contributed by atoms with Crippen molar-refractivity contribution in [1.82, 2.24) is 10.2 Å². The van der Waals surface area contributed by atoms with Gasteiger partial charge in [-0.25, -0.2) is 0 Å². The second kappa shape index (κ2) is 5.56. The maximum absolute atomic E-state index is 3.27. The van der Waals surface area contributed by atoms with Crippen LogP contribution in [-0.2, 0) is 0 Å². The summed E-state index contributed by atoms with van der Waals surface area (Å²) >= 11 is 0. The van der Waals surface area contributed by atoms with E-state index >= 15 is 0 Å². The van der Waals surface area contributed by atoms with E-state index in [9.17, 15) is 0 Å². The Morgan fingerprint density at radius 1 is 0.909 bits per heavy atom. The molecule has 0 radical (unpaired) electrons. The van der Waals surface area contributed by atoms with Crippen molar-refractivity contribution < 1.29 is 0 Å². The average molecular weight is 156 g/mol. The third-order valence-corrected chi connectivity index (χ3v) is 2.34. The molecule has 2 fully saturated rings. The number of hydrogen-bond acceptors (Lipinski definition) is 2. The van der Waals surface area contributed by atoms with Gasteiger partial charge in [0.05, 0.1) is 0 Å². The Morgan fingerprint density at radius 3 is 1.55 bits per heavy atom. The molecule has 0 aromatic heterocycles. The maximum atomic E-state index is 3.27. The van der Waals surface area contributed by atoms with Crippen molar-refractivity contribution in [2.24, 2.45) is 0 Å². The van der Waals surface area contributed by atoms with Crippen molar-refractivity contribution in [2.45, 2.75) is 25.7 Å². The van der Waals surface area contributed by atoms with E-state index < -0.39 is 0 Å². The van der Waals surface area contributed by atoms with E-state index in [1.54, 1.807) is 0 Å². The normalized spacial score (nSPS) is 24.8. The van der Waals surface area contributed by atoms with Crippen LogP contribution in [0, 0.1) is 0 Å².